The monoisotopic (exact) mass is 374 g/mol. The predicted molar refractivity (Wildman–Crippen MR) is 85.6 cm³/mol. The third-order valence-corrected chi connectivity index (χ3v) is 4.06. The van der Waals surface area contributed by atoms with E-state index in [9.17, 15) is 5.11 Å². The first-order valence-corrected chi connectivity index (χ1v) is 7.57. The lowest BCUT2D eigenvalue weighted by atomic mass is 10.1. The fourth-order valence-electron chi connectivity index (χ4n) is 1.80. The number of halogens is 3. The van der Waals surface area contributed by atoms with Crippen molar-refractivity contribution >= 4 is 39.1 Å². The zero-order chi connectivity index (χ0) is 14.7. The van der Waals surface area contributed by atoms with Crippen LogP contribution in [0.2, 0.25) is 10.0 Å². The van der Waals surface area contributed by atoms with Gasteiger partial charge in [-0.25, -0.2) is 0 Å². The molecule has 0 heterocycles. The van der Waals surface area contributed by atoms with Gasteiger partial charge in [-0.2, -0.15) is 0 Å². The van der Waals surface area contributed by atoms with E-state index in [1.54, 1.807) is 25.1 Å². The lowest BCUT2D eigenvalue weighted by Crippen LogP contribution is -2.02. The predicted octanol–water partition coefficient (Wildman–Crippen LogP) is 5.39. The summed E-state index contributed by atoms with van der Waals surface area (Å²) in [5.41, 5.74) is 1.45. The first-order valence-electron chi connectivity index (χ1n) is 6.02. The highest BCUT2D eigenvalue weighted by atomic mass is 79.9. The maximum absolute atomic E-state index is 9.75. The van der Waals surface area contributed by atoms with Gasteiger partial charge < -0.3 is 9.84 Å². The second-order valence-electron chi connectivity index (χ2n) is 4.35. The third-order valence-electron chi connectivity index (χ3n) is 2.86. The lowest BCUT2D eigenvalue weighted by molar-refractivity contribution is 0.190. The molecule has 0 amide bonds. The summed E-state index contributed by atoms with van der Waals surface area (Å²) < 4.78 is 6.65. The molecular formula is C15H13BrCl2O2. The van der Waals surface area contributed by atoms with Crippen molar-refractivity contribution in [1.29, 1.82) is 0 Å². The lowest BCUT2D eigenvalue weighted by Gasteiger charge is -2.15. The van der Waals surface area contributed by atoms with Crippen molar-refractivity contribution in [2.45, 2.75) is 19.6 Å². The van der Waals surface area contributed by atoms with Crippen LogP contribution < -0.4 is 4.74 Å². The Kier molecular flexibility index (Phi) is 5.33. The van der Waals surface area contributed by atoms with Crippen LogP contribution in [0, 0.1) is 0 Å². The van der Waals surface area contributed by atoms with E-state index in [4.69, 9.17) is 27.9 Å². The smallest absolute Gasteiger partial charge is 0.126 e. The summed E-state index contributed by atoms with van der Waals surface area (Å²) in [6.07, 6.45) is -0.611. The van der Waals surface area contributed by atoms with Crippen LogP contribution in [0.4, 0.5) is 0 Å². The molecule has 0 aliphatic carbocycles. The van der Waals surface area contributed by atoms with Crippen LogP contribution in [0.3, 0.4) is 0 Å². The fraction of sp³-hybridized carbons (Fsp3) is 0.200. The Labute approximate surface area is 136 Å². The summed E-state index contributed by atoms with van der Waals surface area (Å²) in [5, 5.41) is 10.9. The Bertz CT molecular complexity index is 595. The molecule has 2 aromatic rings. The van der Waals surface area contributed by atoms with Crippen molar-refractivity contribution in [3.63, 3.8) is 0 Å². The number of rotatable bonds is 4. The molecule has 2 aromatic carbocycles. The zero-order valence-electron chi connectivity index (χ0n) is 10.7. The van der Waals surface area contributed by atoms with Gasteiger partial charge in [-0.05, 0) is 31.2 Å². The molecule has 0 saturated carbocycles. The van der Waals surface area contributed by atoms with Gasteiger partial charge >= 0.3 is 0 Å². The zero-order valence-corrected chi connectivity index (χ0v) is 13.8. The van der Waals surface area contributed by atoms with E-state index in [0.29, 0.717) is 15.8 Å². The molecule has 5 heteroatoms. The van der Waals surface area contributed by atoms with Gasteiger partial charge in [0.25, 0.3) is 0 Å². The number of hydrogen-bond donors (Lipinski definition) is 1. The minimum Gasteiger partial charge on any atom is -0.488 e. The number of aliphatic hydroxyl groups is 1. The average molecular weight is 376 g/mol. The van der Waals surface area contributed by atoms with E-state index < -0.39 is 6.10 Å². The average Bonchev–Trinajstić information content (AvgIpc) is 2.37. The van der Waals surface area contributed by atoms with E-state index >= 15 is 0 Å². The van der Waals surface area contributed by atoms with Crippen LogP contribution in [0.1, 0.15) is 24.2 Å². The summed E-state index contributed by atoms with van der Waals surface area (Å²) in [7, 11) is 0. The second kappa shape index (κ2) is 6.81. The molecule has 106 valence electrons. The van der Waals surface area contributed by atoms with Crippen molar-refractivity contribution in [3.8, 4) is 5.75 Å². The van der Waals surface area contributed by atoms with Crippen LogP contribution in [-0.2, 0) is 6.61 Å². The second-order valence-corrected chi connectivity index (χ2v) is 6.08. The van der Waals surface area contributed by atoms with Gasteiger partial charge in [-0.3, -0.25) is 0 Å². The van der Waals surface area contributed by atoms with E-state index in [1.807, 2.05) is 18.2 Å². The minimum atomic E-state index is -0.611. The highest BCUT2D eigenvalue weighted by Gasteiger charge is 2.12. The van der Waals surface area contributed by atoms with E-state index in [0.717, 1.165) is 15.6 Å². The van der Waals surface area contributed by atoms with Crippen molar-refractivity contribution in [3.05, 3.63) is 62.0 Å². The van der Waals surface area contributed by atoms with Gasteiger partial charge in [0.2, 0.25) is 0 Å². The molecule has 1 N–H and O–H groups in total. The topological polar surface area (TPSA) is 29.5 Å². The highest BCUT2D eigenvalue weighted by molar-refractivity contribution is 9.10. The largest absolute Gasteiger partial charge is 0.488 e. The molecule has 0 radical (unpaired) electrons. The molecule has 0 unspecified atom stereocenters. The van der Waals surface area contributed by atoms with Gasteiger partial charge in [0, 0.05) is 25.6 Å². The number of aliphatic hydroxyl groups excluding tert-OH is 1. The quantitative estimate of drug-likeness (QED) is 0.776. The van der Waals surface area contributed by atoms with E-state index in [-0.39, 0.29) is 6.61 Å². The van der Waals surface area contributed by atoms with Gasteiger partial charge in [-0.15, -0.1) is 0 Å². The van der Waals surface area contributed by atoms with Crippen LogP contribution in [0.15, 0.2) is 40.9 Å². The molecule has 0 aliphatic rings. The van der Waals surface area contributed by atoms with Crippen molar-refractivity contribution < 1.29 is 9.84 Å². The Morgan fingerprint density at radius 3 is 2.45 bits per heavy atom. The SMILES string of the molecule is C[C@@H](O)c1ccc(Br)cc1OCc1c(Cl)cccc1Cl. The standard InChI is InChI=1S/C15H13BrCl2O2/c1-9(19)11-6-5-10(16)7-15(11)20-8-12-13(17)3-2-4-14(12)18/h2-7,9,19H,8H2,1H3/t9-/m1/s1. The summed E-state index contributed by atoms with van der Waals surface area (Å²) >= 11 is 15.6. The Balaban J connectivity index is 2.25. The normalized spacial score (nSPS) is 12.2. The third kappa shape index (κ3) is 3.67. The molecule has 2 rings (SSSR count). The molecule has 0 saturated heterocycles. The molecule has 0 bridgehead atoms. The summed E-state index contributed by atoms with van der Waals surface area (Å²) in [5.74, 6) is 0.602. The Morgan fingerprint density at radius 1 is 1.20 bits per heavy atom. The van der Waals surface area contributed by atoms with Gasteiger partial charge in [0.05, 0.1) is 6.10 Å². The molecule has 0 aromatic heterocycles. The Hall–Kier alpha value is -0.740. The molecule has 0 fully saturated rings. The van der Waals surface area contributed by atoms with E-state index in [1.165, 1.54) is 0 Å². The summed E-state index contributed by atoms with van der Waals surface area (Å²) in [4.78, 5) is 0. The number of benzene rings is 2. The highest BCUT2D eigenvalue weighted by Crippen LogP contribution is 2.31. The summed E-state index contributed by atoms with van der Waals surface area (Å²) in [6, 6.07) is 10.8. The van der Waals surface area contributed by atoms with Crippen LogP contribution in [0.25, 0.3) is 0 Å². The number of ether oxygens (including phenoxy) is 1. The molecule has 20 heavy (non-hydrogen) atoms. The minimum absolute atomic E-state index is 0.245. The molecule has 1 atom stereocenters. The maximum Gasteiger partial charge on any atom is 0.126 e. The van der Waals surface area contributed by atoms with Crippen LogP contribution in [0.5, 0.6) is 5.75 Å². The maximum atomic E-state index is 9.75. The van der Waals surface area contributed by atoms with Crippen LogP contribution >= 0.6 is 39.1 Å². The fourth-order valence-corrected chi connectivity index (χ4v) is 2.65. The van der Waals surface area contributed by atoms with Crippen molar-refractivity contribution in [1.82, 2.24) is 0 Å². The van der Waals surface area contributed by atoms with Gasteiger partial charge in [0.1, 0.15) is 12.4 Å². The summed E-state index contributed by atoms with van der Waals surface area (Å²) in [6.45, 7) is 1.94. The van der Waals surface area contributed by atoms with Crippen molar-refractivity contribution in [2.75, 3.05) is 0 Å². The molecule has 0 spiro atoms. The molecule has 2 nitrogen and oxygen atoms in total. The first-order chi connectivity index (χ1) is 9.49. The number of hydrogen-bond acceptors (Lipinski definition) is 2. The van der Waals surface area contributed by atoms with Crippen LogP contribution in [-0.4, -0.2) is 5.11 Å². The van der Waals surface area contributed by atoms with Gasteiger partial charge in [-0.1, -0.05) is 51.3 Å². The Morgan fingerprint density at radius 2 is 1.85 bits per heavy atom. The van der Waals surface area contributed by atoms with Gasteiger partial charge in [0.15, 0.2) is 0 Å². The van der Waals surface area contributed by atoms with Crippen molar-refractivity contribution in [2.24, 2.45) is 0 Å². The first kappa shape index (κ1) is 15.6. The van der Waals surface area contributed by atoms with E-state index in [2.05, 4.69) is 15.9 Å². The molecule has 0 aliphatic heterocycles. The molecular weight excluding hydrogens is 363 g/mol.